The number of carbonyl (C=O) groups excluding carboxylic acids is 1. The van der Waals surface area contributed by atoms with E-state index in [-0.39, 0.29) is 12.2 Å². The molecule has 1 fully saturated rings. The standard InChI is InChI=1S/C18H19F3N4O3S/c1-11-5-7-13(8-6-11)25-29(27,28)17-15(10-22-24-17)16(26)23-14-4-2-3-12(9-14)18(19,20)21/h2-9,15,17,22,24-25H,10H2,1H3,(H,23,26). The number of hydrogen-bond donors (Lipinski definition) is 4. The van der Waals surface area contributed by atoms with Crippen molar-refractivity contribution in [3.05, 3.63) is 59.7 Å². The van der Waals surface area contributed by atoms with Gasteiger partial charge in [0, 0.05) is 17.9 Å². The van der Waals surface area contributed by atoms with Crippen molar-refractivity contribution in [3.8, 4) is 0 Å². The molecular weight excluding hydrogens is 409 g/mol. The molecule has 1 saturated heterocycles. The summed E-state index contributed by atoms with van der Waals surface area (Å²) >= 11 is 0. The van der Waals surface area contributed by atoms with Crippen LogP contribution < -0.4 is 20.9 Å². The smallest absolute Gasteiger partial charge is 0.326 e. The summed E-state index contributed by atoms with van der Waals surface area (Å²) in [5.41, 5.74) is 5.46. The summed E-state index contributed by atoms with van der Waals surface area (Å²) < 4.78 is 66.3. The number of hydrogen-bond acceptors (Lipinski definition) is 5. The van der Waals surface area contributed by atoms with Gasteiger partial charge in [-0.2, -0.15) is 13.2 Å². The van der Waals surface area contributed by atoms with E-state index in [1.54, 1.807) is 24.3 Å². The van der Waals surface area contributed by atoms with Gasteiger partial charge in [-0.15, -0.1) is 0 Å². The number of benzene rings is 2. The summed E-state index contributed by atoms with van der Waals surface area (Å²) in [6.45, 7) is 1.85. The molecule has 0 spiro atoms. The Morgan fingerprint density at radius 2 is 1.79 bits per heavy atom. The van der Waals surface area contributed by atoms with Crippen molar-refractivity contribution in [2.24, 2.45) is 5.92 Å². The fraction of sp³-hybridized carbons (Fsp3) is 0.278. The second-order valence-corrected chi connectivity index (χ2v) is 8.44. The molecule has 1 aliphatic heterocycles. The maximum Gasteiger partial charge on any atom is 0.416 e. The number of aryl methyl sites for hydroxylation is 1. The van der Waals surface area contributed by atoms with Crippen LogP contribution in [-0.2, 0) is 21.0 Å². The zero-order valence-corrected chi connectivity index (χ0v) is 16.1. The van der Waals surface area contributed by atoms with Gasteiger partial charge in [0.05, 0.1) is 11.5 Å². The lowest BCUT2D eigenvalue weighted by Gasteiger charge is -2.20. The zero-order valence-electron chi connectivity index (χ0n) is 15.2. The molecule has 2 aromatic rings. The first-order valence-corrected chi connectivity index (χ1v) is 10.2. The van der Waals surface area contributed by atoms with Crippen LogP contribution in [0.3, 0.4) is 0 Å². The molecule has 1 amide bonds. The maximum atomic E-state index is 12.8. The number of carbonyl (C=O) groups is 1. The number of amides is 1. The van der Waals surface area contributed by atoms with Crippen LogP contribution in [0, 0.1) is 12.8 Å². The van der Waals surface area contributed by atoms with Crippen LogP contribution >= 0.6 is 0 Å². The number of nitrogens with one attached hydrogen (secondary N) is 4. The molecule has 7 nitrogen and oxygen atoms in total. The molecule has 29 heavy (non-hydrogen) atoms. The molecule has 3 rings (SSSR count). The van der Waals surface area contributed by atoms with E-state index in [2.05, 4.69) is 20.9 Å². The third kappa shape index (κ3) is 5.05. The molecule has 156 valence electrons. The Labute approximate surface area is 165 Å². The molecule has 0 aliphatic carbocycles. The fourth-order valence-corrected chi connectivity index (χ4v) is 4.34. The van der Waals surface area contributed by atoms with Crippen LogP contribution in [-0.4, -0.2) is 26.2 Å². The van der Waals surface area contributed by atoms with Crippen molar-refractivity contribution in [1.29, 1.82) is 0 Å². The number of hydrazine groups is 1. The van der Waals surface area contributed by atoms with E-state index < -0.39 is 39.0 Å². The normalized spacial score (nSPS) is 19.7. The minimum Gasteiger partial charge on any atom is -0.326 e. The van der Waals surface area contributed by atoms with Gasteiger partial charge in [-0.1, -0.05) is 23.8 Å². The zero-order chi connectivity index (χ0) is 21.2. The summed E-state index contributed by atoms with van der Waals surface area (Å²) in [6.07, 6.45) is -4.55. The first kappa shape index (κ1) is 21.1. The van der Waals surface area contributed by atoms with E-state index in [1.807, 2.05) is 6.92 Å². The Morgan fingerprint density at radius 3 is 2.45 bits per heavy atom. The van der Waals surface area contributed by atoms with E-state index in [4.69, 9.17) is 0 Å². The van der Waals surface area contributed by atoms with Gasteiger partial charge in [0.15, 0.2) is 5.37 Å². The van der Waals surface area contributed by atoms with Gasteiger partial charge < -0.3 is 5.32 Å². The highest BCUT2D eigenvalue weighted by Gasteiger charge is 2.42. The van der Waals surface area contributed by atoms with E-state index in [9.17, 15) is 26.4 Å². The predicted molar refractivity (Wildman–Crippen MR) is 102 cm³/mol. The van der Waals surface area contributed by atoms with Crippen molar-refractivity contribution < 1.29 is 26.4 Å². The quantitative estimate of drug-likeness (QED) is 0.586. The van der Waals surface area contributed by atoms with Crippen molar-refractivity contribution in [1.82, 2.24) is 10.9 Å². The molecule has 11 heteroatoms. The Balaban J connectivity index is 1.74. The number of halogens is 3. The van der Waals surface area contributed by atoms with Gasteiger partial charge in [-0.3, -0.25) is 14.9 Å². The highest BCUT2D eigenvalue weighted by Crippen LogP contribution is 2.31. The van der Waals surface area contributed by atoms with Crippen LogP contribution in [0.25, 0.3) is 0 Å². The lowest BCUT2D eigenvalue weighted by Crippen LogP contribution is -2.45. The predicted octanol–water partition coefficient (Wildman–Crippen LogP) is 2.44. The topological polar surface area (TPSA) is 99.3 Å². The average molecular weight is 428 g/mol. The molecule has 0 saturated carbocycles. The Morgan fingerprint density at radius 1 is 1.10 bits per heavy atom. The highest BCUT2D eigenvalue weighted by atomic mass is 32.2. The van der Waals surface area contributed by atoms with E-state index in [0.717, 1.165) is 23.8 Å². The first-order chi connectivity index (χ1) is 13.6. The van der Waals surface area contributed by atoms with Crippen molar-refractivity contribution >= 4 is 27.3 Å². The molecule has 1 heterocycles. The van der Waals surface area contributed by atoms with Crippen LogP contribution in [0.2, 0.25) is 0 Å². The average Bonchev–Trinajstić information content (AvgIpc) is 3.14. The van der Waals surface area contributed by atoms with Gasteiger partial charge in [0.2, 0.25) is 5.91 Å². The van der Waals surface area contributed by atoms with Crippen molar-refractivity contribution in [3.63, 3.8) is 0 Å². The maximum absolute atomic E-state index is 12.8. The molecule has 2 unspecified atom stereocenters. The number of anilines is 2. The Bertz CT molecular complexity index is 994. The van der Waals surface area contributed by atoms with Crippen LogP contribution in [0.4, 0.5) is 24.5 Å². The van der Waals surface area contributed by atoms with Gasteiger partial charge in [0.1, 0.15) is 0 Å². The van der Waals surface area contributed by atoms with Gasteiger partial charge >= 0.3 is 6.18 Å². The van der Waals surface area contributed by atoms with Gasteiger partial charge in [-0.05, 0) is 37.3 Å². The van der Waals surface area contributed by atoms with E-state index in [1.165, 1.54) is 6.07 Å². The molecule has 1 aliphatic rings. The SMILES string of the molecule is Cc1ccc(NS(=O)(=O)C2NNCC2C(=O)Nc2cccc(C(F)(F)F)c2)cc1. The molecule has 0 radical (unpaired) electrons. The third-order valence-corrected chi connectivity index (χ3v) is 6.01. The van der Waals surface area contributed by atoms with Gasteiger partial charge in [-0.25, -0.2) is 13.8 Å². The van der Waals surface area contributed by atoms with Crippen molar-refractivity contribution in [2.45, 2.75) is 18.5 Å². The summed E-state index contributed by atoms with van der Waals surface area (Å²) in [4.78, 5) is 12.6. The minimum absolute atomic E-state index is 0.00965. The second-order valence-electron chi connectivity index (χ2n) is 6.63. The highest BCUT2D eigenvalue weighted by molar-refractivity contribution is 7.93. The summed E-state index contributed by atoms with van der Waals surface area (Å²) in [7, 11) is -4.01. The van der Waals surface area contributed by atoms with Crippen LogP contribution in [0.5, 0.6) is 0 Å². The Hall–Kier alpha value is -2.63. The van der Waals surface area contributed by atoms with E-state index >= 15 is 0 Å². The summed E-state index contributed by atoms with van der Waals surface area (Å²) in [6, 6.07) is 10.8. The number of sulfonamides is 1. The lowest BCUT2D eigenvalue weighted by atomic mass is 10.1. The number of alkyl halides is 3. The van der Waals surface area contributed by atoms with Crippen molar-refractivity contribution in [2.75, 3.05) is 16.6 Å². The lowest BCUT2D eigenvalue weighted by molar-refractivity contribution is -0.137. The molecular formula is C18H19F3N4O3S. The summed E-state index contributed by atoms with van der Waals surface area (Å²) in [5, 5.41) is 1.05. The molecule has 2 atom stereocenters. The molecule has 0 bridgehead atoms. The third-order valence-electron chi connectivity index (χ3n) is 4.37. The van der Waals surface area contributed by atoms with Gasteiger partial charge in [0.25, 0.3) is 10.0 Å². The first-order valence-electron chi connectivity index (χ1n) is 8.61. The molecule has 2 aromatic carbocycles. The number of rotatable bonds is 5. The van der Waals surface area contributed by atoms with Crippen LogP contribution in [0.1, 0.15) is 11.1 Å². The second kappa shape index (κ2) is 8.01. The monoisotopic (exact) mass is 428 g/mol. The summed E-state index contributed by atoms with van der Waals surface area (Å²) in [5.74, 6) is -1.78. The fourth-order valence-electron chi connectivity index (χ4n) is 2.86. The Kier molecular flexibility index (Phi) is 5.82. The largest absolute Gasteiger partial charge is 0.416 e. The minimum atomic E-state index is -4.55. The van der Waals surface area contributed by atoms with Crippen LogP contribution in [0.15, 0.2) is 48.5 Å². The van der Waals surface area contributed by atoms with E-state index in [0.29, 0.717) is 5.69 Å². The molecule has 4 N–H and O–H groups in total. The molecule has 0 aromatic heterocycles.